The molecule has 3 rings (SSSR count). The van der Waals surface area contributed by atoms with Crippen molar-refractivity contribution in [1.29, 1.82) is 0 Å². The van der Waals surface area contributed by atoms with E-state index in [0.29, 0.717) is 27.0 Å². The Morgan fingerprint density at radius 2 is 1.95 bits per heavy atom. The number of hydrogen-bond donors (Lipinski definition) is 1. The third-order valence-electron chi connectivity index (χ3n) is 3.05. The van der Waals surface area contributed by atoms with Gasteiger partial charge in [-0.3, -0.25) is 9.59 Å². The Morgan fingerprint density at radius 3 is 2.76 bits per heavy atom. The summed E-state index contributed by atoms with van der Waals surface area (Å²) in [5.74, 6) is 0.209. The van der Waals surface area contributed by atoms with Gasteiger partial charge in [0.1, 0.15) is 5.75 Å². The van der Waals surface area contributed by atoms with E-state index >= 15 is 0 Å². The Kier molecular flexibility index (Phi) is 3.82. The van der Waals surface area contributed by atoms with Gasteiger partial charge in [-0.15, -0.1) is 0 Å². The number of benzene rings is 2. The molecule has 0 bridgehead atoms. The zero-order valence-corrected chi connectivity index (χ0v) is 13.8. The van der Waals surface area contributed by atoms with Gasteiger partial charge in [0, 0.05) is 20.1 Å². The van der Waals surface area contributed by atoms with Crippen molar-refractivity contribution < 1.29 is 14.3 Å². The highest BCUT2D eigenvalue weighted by molar-refractivity contribution is 9.11. The first-order valence-electron chi connectivity index (χ1n) is 6.11. The molecule has 0 aliphatic carbocycles. The molecule has 0 aromatic heterocycles. The molecule has 0 spiro atoms. The summed E-state index contributed by atoms with van der Waals surface area (Å²) in [4.78, 5) is 23.9. The zero-order chi connectivity index (χ0) is 15.0. The minimum absolute atomic E-state index is 0.00251. The zero-order valence-electron chi connectivity index (χ0n) is 10.7. The molecule has 1 N–H and O–H groups in total. The van der Waals surface area contributed by atoms with Crippen LogP contribution in [0.3, 0.4) is 0 Å². The fourth-order valence-electron chi connectivity index (χ4n) is 2.05. The third-order valence-corrected chi connectivity index (χ3v) is 4.23. The number of rotatable bonds is 2. The summed E-state index contributed by atoms with van der Waals surface area (Å²) in [5.41, 5.74) is 1.55. The van der Waals surface area contributed by atoms with Crippen molar-refractivity contribution in [3.05, 3.63) is 56.5 Å². The average Bonchev–Trinajstić information content (AvgIpc) is 2.48. The number of halogens is 2. The van der Waals surface area contributed by atoms with Crippen LogP contribution in [0.15, 0.2) is 45.3 Å². The van der Waals surface area contributed by atoms with Gasteiger partial charge in [0.05, 0.1) is 5.69 Å². The molecule has 4 nitrogen and oxygen atoms in total. The second kappa shape index (κ2) is 5.61. The smallest absolute Gasteiger partial charge is 0.262 e. The Bertz CT molecular complexity index is 759. The van der Waals surface area contributed by atoms with Gasteiger partial charge < -0.3 is 10.1 Å². The number of anilines is 1. The van der Waals surface area contributed by atoms with Crippen LogP contribution in [0, 0.1) is 0 Å². The van der Waals surface area contributed by atoms with Gasteiger partial charge in [0.15, 0.2) is 12.4 Å². The van der Waals surface area contributed by atoms with Gasteiger partial charge in [0.25, 0.3) is 5.91 Å². The van der Waals surface area contributed by atoms with Gasteiger partial charge in [-0.2, -0.15) is 0 Å². The summed E-state index contributed by atoms with van der Waals surface area (Å²) < 4.78 is 6.82. The summed E-state index contributed by atoms with van der Waals surface area (Å²) in [6, 6.07) is 10.4. The SMILES string of the molecule is O=C1COc2ccc(C(=O)c3cc(Br)ccc3Br)cc2N1. The Balaban J connectivity index is 2.00. The first-order valence-corrected chi connectivity index (χ1v) is 7.69. The number of carbonyl (C=O) groups excluding carboxylic acids is 2. The van der Waals surface area contributed by atoms with E-state index < -0.39 is 0 Å². The molecule has 0 saturated carbocycles. The minimum atomic E-state index is -0.226. The maximum Gasteiger partial charge on any atom is 0.262 e. The van der Waals surface area contributed by atoms with Gasteiger partial charge >= 0.3 is 0 Å². The number of amides is 1. The van der Waals surface area contributed by atoms with Gasteiger partial charge in [-0.25, -0.2) is 0 Å². The fraction of sp³-hybridized carbons (Fsp3) is 0.0667. The number of ether oxygens (including phenoxy) is 1. The highest BCUT2D eigenvalue weighted by atomic mass is 79.9. The van der Waals surface area contributed by atoms with Crippen molar-refractivity contribution in [3.63, 3.8) is 0 Å². The Labute approximate surface area is 137 Å². The largest absolute Gasteiger partial charge is 0.482 e. The van der Waals surface area contributed by atoms with E-state index in [-0.39, 0.29) is 18.3 Å². The Hall–Kier alpha value is -1.66. The van der Waals surface area contributed by atoms with E-state index in [0.717, 1.165) is 4.47 Å². The van der Waals surface area contributed by atoms with Crippen LogP contribution in [0.1, 0.15) is 15.9 Å². The summed E-state index contributed by atoms with van der Waals surface area (Å²) >= 11 is 6.73. The van der Waals surface area contributed by atoms with Crippen LogP contribution in [-0.2, 0) is 4.79 Å². The topological polar surface area (TPSA) is 55.4 Å². The molecule has 1 amide bonds. The predicted octanol–water partition coefficient (Wildman–Crippen LogP) is 3.77. The van der Waals surface area contributed by atoms with Crippen molar-refractivity contribution in [2.75, 3.05) is 11.9 Å². The van der Waals surface area contributed by atoms with Crippen molar-refractivity contribution in [3.8, 4) is 5.75 Å². The van der Waals surface area contributed by atoms with Gasteiger partial charge in [0.2, 0.25) is 0 Å². The van der Waals surface area contributed by atoms with Crippen LogP contribution < -0.4 is 10.1 Å². The van der Waals surface area contributed by atoms with E-state index in [9.17, 15) is 9.59 Å². The van der Waals surface area contributed by atoms with E-state index in [2.05, 4.69) is 37.2 Å². The molecule has 1 heterocycles. The molecule has 6 heteroatoms. The number of ketones is 1. The van der Waals surface area contributed by atoms with Crippen LogP contribution in [0.25, 0.3) is 0 Å². The highest BCUT2D eigenvalue weighted by Crippen LogP contribution is 2.30. The average molecular weight is 411 g/mol. The molecule has 0 atom stereocenters. The number of hydrogen-bond acceptors (Lipinski definition) is 3. The second-order valence-electron chi connectivity index (χ2n) is 4.50. The summed E-state index contributed by atoms with van der Waals surface area (Å²) in [6.45, 7) is -0.00251. The lowest BCUT2D eigenvalue weighted by atomic mass is 10.0. The van der Waals surface area contributed by atoms with E-state index in [4.69, 9.17) is 4.74 Å². The molecule has 0 unspecified atom stereocenters. The molecular formula is C15H9Br2NO3. The lowest BCUT2D eigenvalue weighted by Gasteiger charge is -2.18. The van der Waals surface area contributed by atoms with E-state index in [1.165, 1.54) is 0 Å². The second-order valence-corrected chi connectivity index (χ2v) is 6.27. The number of fused-ring (bicyclic) bond motifs is 1. The molecule has 0 radical (unpaired) electrons. The standard InChI is InChI=1S/C15H9Br2NO3/c16-9-2-3-11(17)10(6-9)15(20)8-1-4-13-12(5-8)18-14(19)7-21-13/h1-6H,7H2,(H,18,19). The van der Waals surface area contributed by atoms with Crippen molar-refractivity contribution in [2.24, 2.45) is 0 Å². The van der Waals surface area contributed by atoms with Crippen LogP contribution in [0.2, 0.25) is 0 Å². The summed E-state index contributed by atoms with van der Waals surface area (Å²) in [5, 5.41) is 2.70. The minimum Gasteiger partial charge on any atom is -0.482 e. The monoisotopic (exact) mass is 409 g/mol. The van der Waals surface area contributed by atoms with Gasteiger partial charge in [-0.1, -0.05) is 31.9 Å². The van der Waals surface area contributed by atoms with Gasteiger partial charge in [-0.05, 0) is 36.4 Å². The normalized spacial score (nSPS) is 13.1. The number of nitrogens with one attached hydrogen (secondary N) is 1. The van der Waals surface area contributed by atoms with E-state index in [1.807, 2.05) is 6.07 Å². The highest BCUT2D eigenvalue weighted by Gasteiger charge is 2.19. The van der Waals surface area contributed by atoms with Crippen LogP contribution in [0.5, 0.6) is 5.75 Å². The maximum absolute atomic E-state index is 12.6. The number of carbonyl (C=O) groups is 2. The van der Waals surface area contributed by atoms with Crippen molar-refractivity contribution in [1.82, 2.24) is 0 Å². The Morgan fingerprint density at radius 1 is 1.14 bits per heavy atom. The summed E-state index contributed by atoms with van der Waals surface area (Å²) in [6.07, 6.45) is 0. The molecule has 1 aliphatic heterocycles. The molecule has 21 heavy (non-hydrogen) atoms. The fourth-order valence-corrected chi connectivity index (χ4v) is 2.84. The van der Waals surface area contributed by atoms with Crippen LogP contribution in [-0.4, -0.2) is 18.3 Å². The lowest BCUT2D eigenvalue weighted by molar-refractivity contribution is -0.118. The summed E-state index contributed by atoms with van der Waals surface area (Å²) in [7, 11) is 0. The molecular weight excluding hydrogens is 402 g/mol. The third kappa shape index (κ3) is 2.87. The molecule has 2 aromatic rings. The first-order chi connectivity index (χ1) is 10.0. The van der Waals surface area contributed by atoms with E-state index in [1.54, 1.807) is 30.3 Å². The predicted molar refractivity (Wildman–Crippen MR) is 85.8 cm³/mol. The molecule has 106 valence electrons. The first kappa shape index (κ1) is 14.3. The van der Waals surface area contributed by atoms with Crippen LogP contribution in [0.4, 0.5) is 5.69 Å². The maximum atomic E-state index is 12.6. The quantitative estimate of drug-likeness (QED) is 0.766. The lowest BCUT2D eigenvalue weighted by Crippen LogP contribution is -2.25. The molecule has 0 fully saturated rings. The molecule has 2 aromatic carbocycles. The van der Waals surface area contributed by atoms with Crippen LogP contribution >= 0.6 is 31.9 Å². The van der Waals surface area contributed by atoms with Crippen molar-refractivity contribution in [2.45, 2.75) is 0 Å². The van der Waals surface area contributed by atoms with Crippen molar-refractivity contribution >= 4 is 49.2 Å². The molecule has 0 saturated heterocycles. The molecule has 1 aliphatic rings.